The molecule has 0 radical (unpaired) electrons. The van der Waals surface area contributed by atoms with Crippen molar-refractivity contribution < 1.29 is 22.8 Å². The Labute approximate surface area is 199 Å². The third-order valence-electron chi connectivity index (χ3n) is 5.73. The molecule has 0 aliphatic carbocycles. The van der Waals surface area contributed by atoms with E-state index in [2.05, 4.69) is 5.10 Å². The zero-order valence-corrected chi connectivity index (χ0v) is 19.1. The van der Waals surface area contributed by atoms with Gasteiger partial charge in [-0.1, -0.05) is 42.8 Å². The maximum Gasteiger partial charge on any atom is 0.435 e. The van der Waals surface area contributed by atoms with Crippen LogP contribution in [0.1, 0.15) is 29.4 Å². The number of piperazine rings is 1. The van der Waals surface area contributed by atoms with E-state index in [9.17, 15) is 22.8 Å². The van der Waals surface area contributed by atoms with E-state index < -0.39 is 11.9 Å². The monoisotopic (exact) mass is 490 g/mol. The van der Waals surface area contributed by atoms with Crippen LogP contribution in [0.3, 0.4) is 0 Å². The molecule has 4 rings (SSSR count). The minimum absolute atomic E-state index is 0.0600. The Morgan fingerprint density at radius 2 is 1.59 bits per heavy atom. The first kappa shape index (κ1) is 23.8. The van der Waals surface area contributed by atoms with E-state index in [1.807, 2.05) is 0 Å². The highest BCUT2D eigenvalue weighted by Gasteiger charge is 2.35. The van der Waals surface area contributed by atoms with Gasteiger partial charge in [0.25, 0.3) is 5.91 Å². The van der Waals surface area contributed by atoms with E-state index in [4.69, 9.17) is 11.6 Å². The van der Waals surface area contributed by atoms with Crippen molar-refractivity contribution in [2.24, 2.45) is 0 Å². The maximum atomic E-state index is 13.4. The van der Waals surface area contributed by atoms with Crippen LogP contribution in [-0.4, -0.2) is 57.6 Å². The molecule has 1 aliphatic heterocycles. The number of alkyl halides is 3. The fourth-order valence-corrected chi connectivity index (χ4v) is 4.10. The van der Waals surface area contributed by atoms with Crippen molar-refractivity contribution in [3.63, 3.8) is 0 Å². The van der Waals surface area contributed by atoms with Crippen molar-refractivity contribution in [1.29, 1.82) is 0 Å². The van der Waals surface area contributed by atoms with Crippen LogP contribution in [0.5, 0.6) is 0 Å². The molecule has 0 N–H and O–H groups in total. The van der Waals surface area contributed by atoms with Gasteiger partial charge in [0.2, 0.25) is 5.91 Å². The number of para-hydroxylation sites is 1. The van der Waals surface area contributed by atoms with Gasteiger partial charge < -0.3 is 9.80 Å². The average molecular weight is 491 g/mol. The molecule has 0 bridgehead atoms. The molecule has 6 nitrogen and oxygen atoms in total. The summed E-state index contributed by atoms with van der Waals surface area (Å²) in [4.78, 5) is 28.1. The summed E-state index contributed by atoms with van der Waals surface area (Å²) in [6, 6.07) is 13.8. The lowest BCUT2D eigenvalue weighted by atomic mass is 10.1. The van der Waals surface area contributed by atoms with Crippen LogP contribution in [0.2, 0.25) is 5.02 Å². The molecule has 34 heavy (non-hydrogen) atoms. The smallest absolute Gasteiger partial charge is 0.339 e. The highest BCUT2D eigenvalue weighted by Crippen LogP contribution is 2.34. The van der Waals surface area contributed by atoms with E-state index in [1.54, 1.807) is 65.3 Å². The molecule has 0 unspecified atom stereocenters. The number of halogens is 4. The second kappa shape index (κ2) is 9.50. The van der Waals surface area contributed by atoms with Gasteiger partial charge in [-0.15, -0.1) is 0 Å². The lowest BCUT2D eigenvalue weighted by Crippen LogP contribution is -2.50. The molecular weight excluding hydrogens is 469 g/mol. The highest BCUT2D eigenvalue weighted by molar-refractivity contribution is 6.32. The number of carbonyl (C=O) groups excluding carboxylic acids is 2. The van der Waals surface area contributed by atoms with Crippen molar-refractivity contribution in [3.8, 4) is 16.9 Å². The predicted octanol–water partition coefficient (Wildman–Crippen LogP) is 4.91. The van der Waals surface area contributed by atoms with Gasteiger partial charge in [0.1, 0.15) is 0 Å². The standard InChI is InChI=1S/C24H22ClF3N4O2/c1-2-22(33)30-11-13-31(14-12-30)23(34)17-9-7-16(8-10-17)20-15-21(24(26,27)28)29-32(20)19-6-4-3-5-18(19)25/h3-10,15H,2,11-14H2,1H3. The van der Waals surface area contributed by atoms with Crippen molar-refractivity contribution in [1.82, 2.24) is 19.6 Å². The Balaban J connectivity index is 1.60. The second-order valence-corrected chi connectivity index (χ2v) is 8.29. The number of benzene rings is 2. The molecule has 3 aromatic rings. The second-order valence-electron chi connectivity index (χ2n) is 7.88. The van der Waals surface area contributed by atoms with Crippen LogP contribution in [0.15, 0.2) is 54.6 Å². The Bertz CT molecular complexity index is 1200. The number of carbonyl (C=O) groups is 2. The van der Waals surface area contributed by atoms with Crippen molar-refractivity contribution in [3.05, 3.63) is 70.9 Å². The molecule has 1 fully saturated rings. The van der Waals surface area contributed by atoms with Crippen LogP contribution in [-0.2, 0) is 11.0 Å². The summed E-state index contributed by atoms with van der Waals surface area (Å²) in [5.41, 5.74) is 0.346. The van der Waals surface area contributed by atoms with Gasteiger partial charge >= 0.3 is 6.18 Å². The van der Waals surface area contributed by atoms with Gasteiger partial charge in [0.05, 0.1) is 16.4 Å². The zero-order valence-electron chi connectivity index (χ0n) is 18.3. The van der Waals surface area contributed by atoms with Crippen molar-refractivity contribution >= 4 is 23.4 Å². The first-order chi connectivity index (χ1) is 16.2. The predicted molar refractivity (Wildman–Crippen MR) is 122 cm³/mol. The molecule has 0 spiro atoms. The molecule has 178 valence electrons. The average Bonchev–Trinajstić information content (AvgIpc) is 3.29. The number of aromatic nitrogens is 2. The largest absolute Gasteiger partial charge is 0.435 e. The van der Waals surface area contributed by atoms with Crippen molar-refractivity contribution in [2.45, 2.75) is 19.5 Å². The Morgan fingerprint density at radius 1 is 0.971 bits per heavy atom. The zero-order chi connectivity index (χ0) is 24.5. The molecule has 2 heterocycles. The first-order valence-corrected chi connectivity index (χ1v) is 11.2. The summed E-state index contributed by atoms with van der Waals surface area (Å²) >= 11 is 6.22. The van der Waals surface area contributed by atoms with E-state index in [0.29, 0.717) is 49.4 Å². The fraction of sp³-hybridized carbons (Fsp3) is 0.292. The summed E-state index contributed by atoms with van der Waals surface area (Å²) in [6.45, 7) is 3.62. The Morgan fingerprint density at radius 3 is 2.18 bits per heavy atom. The van der Waals surface area contributed by atoms with E-state index in [0.717, 1.165) is 10.7 Å². The van der Waals surface area contributed by atoms with Gasteiger partial charge in [-0.05, 0) is 30.3 Å². The number of amides is 2. The van der Waals surface area contributed by atoms with E-state index in [-0.39, 0.29) is 22.5 Å². The number of hydrogen-bond donors (Lipinski definition) is 0. The van der Waals surface area contributed by atoms with E-state index >= 15 is 0 Å². The molecule has 1 aromatic heterocycles. The minimum atomic E-state index is -4.63. The van der Waals surface area contributed by atoms with Crippen LogP contribution in [0.4, 0.5) is 13.2 Å². The summed E-state index contributed by atoms with van der Waals surface area (Å²) in [7, 11) is 0. The van der Waals surface area contributed by atoms with Gasteiger partial charge in [-0.3, -0.25) is 9.59 Å². The molecule has 0 atom stereocenters. The normalized spacial score (nSPS) is 14.4. The van der Waals surface area contributed by atoms with Gasteiger partial charge in [0, 0.05) is 43.7 Å². The molecule has 0 saturated carbocycles. The van der Waals surface area contributed by atoms with Gasteiger partial charge in [-0.2, -0.15) is 18.3 Å². The summed E-state index contributed by atoms with van der Waals surface area (Å²) in [6.07, 6.45) is -4.20. The molecular formula is C24H22ClF3N4O2. The topological polar surface area (TPSA) is 58.4 Å². The van der Waals surface area contributed by atoms with Gasteiger partial charge in [0.15, 0.2) is 5.69 Å². The quantitative estimate of drug-likeness (QED) is 0.522. The first-order valence-electron chi connectivity index (χ1n) is 10.8. The van der Waals surface area contributed by atoms with Crippen LogP contribution in [0.25, 0.3) is 16.9 Å². The summed E-state index contributed by atoms with van der Waals surface area (Å²) in [5.74, 6) is -0.129. The van der Waals surface area contributed by atoms with Crippen molar-refractivity contribution in [2.75, 3.05) is 26.2 Å². The van der Waals surface area contributed by atoms with Crippen LogP contribution >= 0.6 is 11.6 Å². The summed E-state index contributed by atoms with van der Waals surface area (Å²) < 4.78 is 41.4. The minimum Gasteiger partial charge on any atom is -0.339 e. The third-order valence-corrected chi connectivity index (χ3v) is 6.05. The summed E-state index contributed by atoms with van der Waals surface area (Å²) in [5, 5.41) is 4.01. The fourth-order valence-electron chi connectivity index (χ4n) is 3.88. The van der Waals surface area contributed by atoms with Crippen LogP contribution in [0, 0.1) is 0 Å². The lowest BCUT2D eigenvalue weighted by Gasteiger charge is -2.34. The SMILES string of the molecule is CCC(=O)N1CCN(C(=O)c2ccc(-c3cc(C(F)(F)F)nn3-c3ccccc3Cl)cc2)CC1. The van der Waals surface area contributed by atoms with Crippen LogP contribution < -0.4 is 0 Å². The highest BCUT2D eigenvalue weighted by atomic mass is 35.5. The molecule has 2 amide bonds. The number of nitrogens with zero attached hydrogens (tertiary/aromatic N) is 4. The molecule has 10 heteroatoms. The van der Waals surface area contributed by atoms with Gasteiger partial charge in [-0.25, -0.2) is 4.68 Å². The van der Waals surface area contributed by atoms with E-state index in [1.165, 1.54) is 0 Å². The lowest BCUT2D eigenvalue weighted by molar-refractivity contribution is -0.141. The molecule has 2 aromatic carbocycles. The number of rotatable bonds is 4. The Hall–Kier alpha value is -3.33. The Kier molecular flexibility index (Phi) is 6.65. The molecule has 1 saturated heterocycles. The molecule has 1 aliphatic rings. The number of hydrogen-bond acceptors (Lipinski definition) is 3. The third kappa shape index (κ3) is 4.79. The maximum absolute atomic E-state index is 13.4.